The first-order valence-corrected chi connectivity index (χ1v) is 19.2. The van der Waals surface area contributed by atoms with E-state index in [0.29, 0.717) is 57.6 Å². The van der Waals surface area contributed by atoms with Crippen molar-refractivity contribution < 1.29 is 50.6 Å². The van der Waals surface area contributed by atoms with Gasteiger partial charge in [-0.2, -0.15) is 26.2 Å². The number of nitrogens with one attached hydrogen (secondary N) is 2. The van der Waals surface area contributed by atoms with E-state index in [4.69, 9.17) is 15.2 Å². The van der Waals surface area contributed by atoms with Crippen molar-refractivity contribution in [1.29, 1.82) is 0 Å². The van der Waals surface area contributed by atoms with Crippen LogP contribution in [0.25, 0.3) is 0 Å². The molecule has 0 radical (unpaired) electrons. The minimum absolute atomic E-state index is 0.0465. The van der Waals surface area contributed by atoms with Gasteiger partial charge in [-0.05, 0) is 31.2 Å². The van der Waals surface area contributed by atoms with Gasteiger partial charge >= 0.3 is 5.92 Å². The largest absolute Gasteiger partial charge is 0.383 e. The molecule has 1 aromatic carbocycles. The van der Waals surface area contributed by atoms with E-state index in [0.717, 1.165) is 17.6 Å². The van der Waals surface area contributed by atoms with E-state index >= 15 is 8.78 Å². The number of ketones is 2. The van der Waals surface area contributed by atoms with Crippen molar-refractivity contribution in [2.45, 2.75) is 75.9 Å². The van der Waals surface area contributed by atoms with Crippen molar-refractivity contribution in [2.75, 3.05) is 65.7 Å². The fourth-order valence-electron chi connectivity index (χ4n) is 6.63. The molecule has 0 spiro atoms. The molecule has 4 rings (SSSR count). The van der Waals surface area contributed by atoms with Crippen LogP contribution in [0, 0.1) is 5.92 Å². The summed E-state index contributed by atoms with van der Waals surface area (Å²) in [5.74, 6) is -12.8. The molecule has 1 saturated carbocycles. The normalized spacial score (nSPS) is 20.0. The SMILES string of the molecule is CC(=O)[C@H](N)C(=O)N(C(=O)[C@H](Cc1ccccc1)NS(=O)(=O)N1CCOCC1)[C@@H](CC1CCCCC1)C(=O)C(F)(F)C(=O)NCCN1CCOCC1. The molecule has 290 valence electrons. The third-order valence-corrected chi connectivity index (χ3v) is 11.3. The lowest BCUT2D eigenvalue weighted by atomic mass is 9.82. The zero-order valence-electron chi connectivity index (χ0n) is 29.5. The first-order valence-electron chi connectivity index (χ1n) is 17.7. The Morgan fingerprint density at radius 1 is 0.942 bits per heavy atom. The molecule has 3 atom stereocenters. The maximum atomic E-state index is 16.0. The van der Waals surface area contributed by atoms with Gasteiger partial charge in [0.1, 0.15) is 18.1 Å². The number of nitrogens with zero attached hydrogens (tertiary/aromatic N) is 3. The van der Waals surface area contributed by atoms with E-state index in [9.17, 15) is 32.4 Å². The first-order chi connectivity index (χ1) is 24.7. The molecule has 18 heteroatoms. The number of hydrogen-bond acceptors (Lipinski definition) is 11. The monoisotopic (exact) mass is 756 g/mol. The summed E-state index contributed by atoms with van der Waals surface area (Å²) in [6, 6.07) is 2.04. The van der Waals surface area contributed by atoms with Crippen LogP contribution >= 0.6 is 0 Å². The van der Waals surface area contributed by atoms with E-state index in [-0.39, 0.29) is 50.7 Å². The van der Waals surface area contributed by atoms with Crippen LogP contribution < -0.4 is 15.8 Å². The van der Waals surface area contributed by atoms with Gasteiger partial charge in [0.05, 0.1) is 26.4 Å². The highest BCUT2D eigenvalue weighted by atomic mass is 32.2. The zero-order valence-corrected chi connectivity index (χ0v) is 30.3. The zero-order chi connectivity index (χ0) is 37.9. The molecule has 0 unspecified atom stereocenters. The van der Waals surface area contributed by atoms with Gasteiger partial charge in [0.15, 0.2) is 5.78 Å². The first kappa shape index (κ1) is 41.5. The van der Waals surface area contributed by atoms with E-state index in [2.05, 4.69) is 10.0 Å². The molecule has 1 aliphatic carbocycles. The number of benzene rings is 1. The molecule has 4 N–H and O–H groups in total. The van der Waals surface area contributed by atoms with Crippen LogP contribution in [-0.2, 0) is 50.1 Å². The highest BCUT2D eigenvalue weighted by molar-refractivity contribution is 7.87. The molecule has 2 heterocycles. The molecule has 3 amide bonds. The number of alkyl halides is 2. The van der Waals surface area contributed by atoms with Gasteiger partial charge in [-0.3, -0.25) is 33.8 Å². The fourth-order valence-corrected chi connectivity index (χ4v) is 7.95. The van der Waals surface area contributed by atoms with E-state index in [1.807, 2.05) is 4.90 Å². The molecule has 15 nitrogen and oxygen atoms in total. The van der Waals surface area contributed by atoms with Gasteiger partial charge in [0.25, 0.3) is 22.0 Å². The third-order valence-electron chi connectivity index (χ3n) is 9.67. The van der Waals surface area contributed by atoms with Crippen LogP contribution in [0.3, 0.4) is 0 Å². The van der Waals surface area contributed by atoms with Crippen LogP contribution in [0.1, 0.15) is 51.0 Å². The highest BCUT2D eigenvalue weighted by Gasteiger charge is 2.54. The number of amides is 3. The number of nitrogens with two attached hydrogens (primary N) is 1. The van der Waals surface area contributed by atoms with Crippen LogP contribution in [0.15, 0.2) is 30.3 Å². The van der Waals surface area contributed by atoms with E-state index in [1.54, 1.807) is 30.3 Å². The maximum Gasteiger partial charge on any atom is 0.383 e. The van der Waals surface area contributed by atoms with Crippen molar-refractivity contribution >= 4 is 39.5 Å². The molecular weight excluding hydrogens is 706 g/mol. The fraction of sp³-hybridized carbons (Fsp3) is 0.676. The summed E-state index contributed by atoms with van der Waals surface area (Å²) in [5, 5.41) is 2.10. The van der Waals surface area contributed by atoms with Gasteiger partial charge in [-0.1, -0.05) is 62.4 Å². The summed E-state index contributed by atoms with van der Waals surface area (Å²) in [5.41, 5.74) is 6.37. The third kappa shape index (κ3) is 11.1. The Hall–Kier alpha value is -3.26. The van der Waals surface area contributed by atoms with Crippen molar-refractivity contribution in [1.82, 2.24) is 24.1 Å². The minimum atomic E-state index is -4.72. The lowest BCUT2D eigenvalue weighted by Crippen LogP contribution is -2.64. The Balaban J connectivity index is 1.73. The number of imide groups is 1. The highest BCUT2D eigenvalue weighted by Crippen LogP contribution is 2.32. The molecule has 0 bridgehead atoms. The standard InChI is InChI=1S/C34H50F2N6O9S/c1-24(43)29(37)32(46)42(31(45)27(22-25-8-4-2-5-9-25)39-52(48,49)41-16-20-51-21-17-41)28(23-26-10-6-3-7-11-26)30(44)34(35,36)33(47)38-12-13-40-14-18-50-19-15-40/h2,4-5,8-9,26-29,39H,3,6-7,10-23,37H2,1H3,(H,38,47)/t27-,28-,29-/m0/s1. The predicted molar refractivity (Wildman–Crippen MR) is 184 cm³/mol. The van der Waals surface area contributed by atoms with Gasteiger partial charge in [0, 0.05) is 39.3 Å². The minimum Gasteiger partial charge on any atom is -0.379 e. The number of halogens is 2. The van der Waals surface area contributed by atoms with Gasteiger partial charge in [0.2, 0.25) is 11.7 Å². The number of morpholine rings is 2. The van der Waals surface area contributed by atoms with Crippen molar-refractivity contribution in [2.24, 2.45) is 11.7 Å². The Morgan fingerprint density at radius 3 is 2.13 bits per heavy atom. The van der Waals surface area contributed by atoms with Gasteiger partial charge in [-0.15, -0.1) is 0 Å². The molecule has 3 fully saturated rings. The average Bonchev–Trinajstić information content (AvgIpc) is 3.15. The topological polar surface area (TPSA) is 198 Å². The summed E-state index contributed by atoms with van der Waals surface area (Å²) in [7, 11) is -4.44. The van der Waals surface area contributed by atoms with Crippen molar-refractivity contribution in [3.63, 3.8) is 0 Å². The second kappa shape index (κ2) is 19.2. The van der Waals surface area contributed by atoms with E-state index < -0.39 is 75.9 Å². The quantitative estimate of drug-likeness (QED) is 0.181. The molecule has 2 saturated heterocycles. The number of ether oxygens (including phenoxy) is 2. The number of Topliss-reactive ketones (excluding diaryl/α,β-unsaturated/α-hetero) is 2. The van der Waals surface area contributed by atoms with Crippen LogP contribution in [0.5, 0.6) is 0 Å². The second-order valence-electron chi connectivity index (χ2n) is 13.4. The Bertz CT molecular complexity index is 1500. The lowest BCUT2D eigenvalue weighted by molar-refractivity contribution is -0.168. The molecule has 52 heavy (non-hydrogen) atoms. The number of rotatable bonds is 17. The summed E-state index contributed by atoms with van der Waals surface area (Å²) < 4.78 is 73.1. The average molecular weight is 757 g/mol. The van der Waals surface area contributed by atoms with Gasteiger partial charge in [-0.25, -0.2) is 0 Å². The predicted octanol–water partition coefficient (Wildman–Crippen LogP) is 0.0276. The number of carbonyl (C=O) groups excluding carboxylic acids is 5. The summed E-state index contributed by atoms with van der Waals surface area (Å²) in [4.78, 5) is 70.2. The smallest absolute Gasteiger partial charge is 0.379 e. The number of hydrogen-bond donors (Lipinski definition) is 3. The number of carbonyl (C=O) groups is 5. The molecule has 2 aliphatic heterocycles. The van der Waals surface area contributed by atoms with Gasteiger partial charge < -0.3 is 20.5 Å². The Kier molecular flexibility index (Phi) is 15.3. The molecular formula is C34H50F2N6O9S. The molecule has 1 aromatic rings. The maximum absolute atomic E-state index is 16.0. The summed E-state index contributed by atoms with van der Waals surface area (Å²) in [6.45, 7) is 2.98. The Labute approximate surface area is 303 Å². The molecule has 0 aromatic heterocycles. The second-order valence-corrected chi connectivity index (χ2v) is 15.1. The van der Waals surface area contributed by atoms with Crippen molar-refractivity contribution in [3.05, 3.63) is 35.9 Å². The summed E-state index contributed by atoms with van der Waals surface area (Å²) >= 11 is 0. The lowest BCUT2D eigenvalue weighted by Gasteiger charge is -2.37. The van der Waals surface area contributed by atoms with Crippen LogP contribution in [0.4, 0.5) is 8.78 Å². The van der Waals surface area contributed by atoms with Crippen molar-refractivity contribution in [3.8, 4) is 0 Å². The summed E-state index contributed by atoms with van der Waals surface area (Å²) in [6.07, 6.45) is 2.46. The van der Waals surface area contributed by atoms with Crippen LogP contribution in [0.2, 0.25) is 0 Å². The van der Waals surface area contributed by atoms with Crippen LogP contribution in [-0.4, -0.2) is 142 Å². The Morgan fingerprint density at radius 2 is 1.54 bits per heavy atom. The molecule has 3 aliphatic rings. The van der Waals surface area contributed by atoms with E-state index in [1.165, 1.54) is 0 Å².